The molecule has 1 aliphatic heterocycles. The molecule has 13 heteroatoms. The number of aliphatic hydroxyl groups excluding tert-OH is 1. The van der Waals surface area contributed by atoms with E-state index in [2.05, 4.69) is 10.2 Å². The first kappa shape index (κ1) is 23.8. The van der Waals surface area contributed by atoms with E-state index in [0.29, 0.717) is 22.6 Å². The van der Waals surface area contributed by atoms with Crippen LogP contribution in [0.2, 0.25) is 0 Å². The second kappa shape index (κ2) is 9.14. The molecule has 3 heterocycles. The van der Waals surface area contributed by atoms with Crippen LogP contribution in [0.15, 0.2) is 41.6 Å². The number of amides is 1. The van der Waals surface area contributed by atoms with Crippen LogP contribution in [0.25, 0.3) is 0 Å². The van der Waals surface area contributed by atoms with Gasteiger partial charge in [-0.25, -0.2) is 8.78 Å². The Hall–Kier alpha value is -3.32. The molecule has 1 aromatic carbocycles. The van der Waals surface area contributed by atoms with Gasteiger partial charge in [-0.3, -0.25) is 9.48 Å². The van der Waals surface area contributed by atoms with Gasteiger partial charge in [0, 0.05) is 23.9 Å². The van der Waals surface area contributed by atoms with Crippen molar-refractivity contribution in [3.8, 4) is 5.75 Å². The Labute approximate surface area is 194 Å². The van der Waals surface area contributed by atoms with E-state index >= 15 is 0 Å². The summed E-state index contributed by atoms with van der Waals surface area (Å²) in [7, 11) is -2.68. The highest BCUT2D eigenvalue weighted by atomic mass is 32.2. The molecule has 0 fully saturated rings. The molecule has 1 atom stereocenters. The van der Waals surface area contributed by atoms with Gasteiger partial charge in [0.2, 0.25) is 5.91 Å². The maximum Gasteiger partial charge on any atom is 0.286 e. The molecule has 0 saturated heterocycles. The van der Waals surface area contributed by atoms with E-state index in [0.717, 1.165) is 15.0 Å². The lowest BCUT2D eigenvalue weighted by Gasteiger charge is -2.23. The van der Waals surface area contributed by atoms with Gasteiger partial charge in [0.25, 0.3) is 16.4 Å². The summed E-state index contributed by atoms with van der Waals surface area (Å²) < 4.78 is 58.4. The fourth-order valence-corrected chi connectivity index (χ4v) is 5.32. The minimum absolute atomic E-state index is 0.0615. The van der Waals surface area contributed by atoms with E-state index in [1.54, 1.807) is 24.3 Å². The summed E-state index contributed by atoms with van der Waals surface area (Å²) in [6, 6.07) is 6.91. The third-order valence-electron chi connectivity index (χ3n) is 5.76. The molecule has 2 aromatic heterocycles. The molecular formula is C21H23F2N5O5S. The van der Waals surface area contributed by atoms with Crippen molar-refractivity contribution < 1.29 is 31.8 Å². The number of aliphatic hydroxyl groups is 1. The lowest BCUT2D eigenvalue weighted by molar-refractivity contribution is -0.134. The van der Waals surface area contributed by atoms with Gasteiger partial charge in [-0.15, -0.1) is 0 Å². The SMILES string of the molecule is COc1ccccc1[C@@H](CO)C(=O)N1Cc2cn(S(=O)(=O)c3cnn(CC(F)F)c3C)nc2C1. The van der Waals surface area contributed by atoms with Crippen molar-refractivity contribution in [3.63, 3.8) is 0 Å². The number of hydrogen-bond donors (Lipinski definition) is 1. The predicted octanol–water partition coefficient (Wildman–Crippen LogP) is 1.52. The van der Waals surface area contributed by atoms with Gasteiger partial charge in [-0.2, -0.15) is 22.7 Å². The van der Waals surface area contributed by atoms with Crippen molar-refractivity contribution in [2.45, 2.75) is 43.8 Å². The molecule has 0 saturated carbocycles. The van der Waals surface area contributed by atoms with Crippen molar-refractivity contribution in [1.29, 1.82) is 0 Å². The van der Waals surface area contributed by atoms with Crippen LogP contribution in [0.3, 0.4) is 0 Å². The highest BCUT2D eigenvalue weighted by molar-refractivity contribution is 7.89. The molecule has 182 valence electrons. The van der Waals surface area contributed by atoms with Crippen LogP contribution in [0.4, 0.5) is 8.78 Å². The van der Waals surface area contributed by atoms with Crippen LogP contribution >= 0.6 is 0 Å². The molecule has 0 radical (unpaired) electrons. The summed E-state index contributed by atoms with van der Waals surface area (Å²) in [5.74, 6) is -0.714. The smallest absolute Gasteiger partial charge is 0.286 e. The first-order valence-corrected chi connectivity index (χ1v) is 11.8. The molecular weight excluding hydrogens is 472 g/mol. The first-order valence-electron chi connectivity index (χ1n) is 10.3. The first-order chi connectivity index (χ1) is 16.2. The second-order valence-electron chi connectivity index (χ2n) is 7.82. The zero-order chi connectivity index (χ0) is 24.6. The number of ether oxygens (including phenoxy) is 1. The van der Waals surface area contributed by atoms with Crippen molar-refractivity contribution in [2.75, 3.05) is 13.7 Å². The lowest BCUT2D eigenvalue weighted by Crippen LogP contribution is -2.33. The Morgan fingerprint density at radius 2 is 2.00 bits per heavy atom. The number of carbonyl (C=O) groups excluding carboxylic acids is 1. The highest BCUT2D eigenvalue weighted by Gasteiger charge is 2.34. The number of para-hydroxylation sites is 1. The molecule has 34 heavy (non-hydrogen) atoms. The quantitative estimate of drug-likeness (QED) is 0.503. The zero-order valence-corrected chi connectivity index (χ0v) is 19.2. The Bertz CT molecular complexity index is 1300. The monoisotopic (exact) mass is 495 g/mol. The molecule has 10 nitrogen and oxygen atoms in total. The average molecular weight is 496 g/mol. The minimum Gasteiger partial charge on any atom is -0.496 e. The van der Waals surface area contributed by atoms with E-state index in [4.69, 9.17) is 4.74 Å². The Morgan fingerprint density at radius 3 is 2.65 bits per heavy atom. The van der Waals surface area contributed by atoms with E-state index in [1.165, 1.54) is 25.1 Å². The topological polar surface area (TPSA) is 120 Å². The van der Waals surface area contributed by atoms with Crippen LogP contribution in [-0.4, -0.2) is 63.4 Å². The summed E-state index contributed by atoms with van der Waals surface area (Å²) in [6.45, 7) is 0.424. The normalized spacial score (nSPS) is 14.5. The summed E-state index contributed by atoms with van der Waals surface area (Å²) >= 11 is 0. The van der Waals surface area contributed by atoms with E-state index in [9.17, 15) is 27.1 Å². The van der Waals surface area contributed by atoms with Gasteiger partial charge in [0.1, 0.15) is 17.2 Å². The largest absolute Gasteiger partial charge is 0.496 e. The van der Waals surface area contributed by atoms with Gasteiger partial charge in [0.15, 0.2) is 0 Å². The minimum atomic E-state index is -4.16. The number of alkyl halides is 2. The molecule has 4 rings (SSSR count). The fraction of sp³-hybridized carbons (Fsp3) is 0.381. The van der Waals surface area contributed by atoms with Crippen molar-refractivity contribution in [3.05, 3.63) is 59.2 Å². The zero-order valence-electron chi connectivity index (χ0n) is 18.4. The third-order valence-corrected chi connectivity index (χ3v) is 7.39. The molecule has 0 unspecified atom stereocenters. The van der Waals surface area contributed by atoms with Gasteiger partial charge >= 0.3 is 0 Å². The van der Waals surface area contributed by atoms with Crippen LogP contribution < -0.4 is 4.74 Å². The summed E-state index contributed by atoms with van der Waals surface area (Å²) in [6.07, 6.45) is -0.349. The Balaban J connectivity index is 1.54. The van der Waals surface area contributed by atoms with E-state index in [-0.39, 0.29) is 29.6 Å². The maximum atomic E-state index is 13.1. The number of nitrogens with zero attached hydrogens (tertiary/aromatic N) is 5. The second-order valence-corrected chi connectivity index (χ2v) is 9.58. The molecule has 3 aromatic rings. The van der Waals surface area contributed by atoms with E-state index in [1.807, 2.05) is 0 Å². The van der Waals surface area contributed by atoms with Crippen molar-refractivity contribution in [1.82, 2.24) is 23.9 Å². The Kier molecular flexibility index (Phi) is 6.41. The van der Waals surface area contributed by atoms with Crippen LogP contribution in [0.1, 0.15) is 28.4 Å². The molecule has 1 aliphatic rings. The summed E-state index contributed by atoms with van der Waals surface area (Å²) in [5, 5.41) is 17.8. The van der Waals surface area contributed by atoms with Crippen LogP contribution in [0, 0.1) is 6.92 Å². The molecule has 0 spiro atoms. The number of hydrogen-bond acceptors (Lipinski definition) is 7. The van der Waals surface area contributed by atoms with Crippen LogP contribution in [0.5, 0.6) is 5.75 Å². The van der Waals surface area contributed by atoms with Crippen molar-refractivity contribution in [2.24, 2.45) is 0 Å². The molecule has 1 amide bonds. The number of methoxy groups -OCH3 is 1. The number of halogens is 2. The number of aromatic nitrogens is 4. The highest BCUT2D eigenvalue weighted by Crippen LogP contribution is 2.31. The van der Waals surface area contributed by atoms with Gasteiger partial charge in [0.05, 0.1) is 43.8 Å². The van der Waals surface area contributed by atoms with Gasteiger partial charge in [-0.1, -0.05) is 18.2 Å². The number of rotatable bonds is 8. The third kappa shape index (κ3) is 4.16. The maximum absolute atomic E-state index is 13.1. The predicted molar refractivity (Wildman–Crippen MR) is 115 cm³/mol. The van der Waals surface area contributed by atoms with Crippen molar-refractivity contribution >= 4 is 15.9 Å². The van der Waals surface area contributed by atoms with Crippen LogP contribution in [-0.2, 0) is 34.5 Å². The molecule has 0 bridgehead atoms. The number of benzene rings is 1. The average Bonchev–Trinajstić information content (AvgIpc) is 3.48. The van der Waals surface area contributed by atoms with E-state index < -0.39 is 35.5 Å². The Morgan fingerprint density at radius 1 is 1.26 bits per heavy atom. The summed E-state index contributed by atoms with van der Waals surface area (Å²) in [4.78, 5) is 14.4. The lowest BCUT2D eigenvalue weighted by atomic mass is 9.97. The molecule has 1 N–H and O–H groups in total. The summed E-state index contributed by atoms with van der Waals surface area (Å²) in [5.41, 5.74) is 1.55. The molecule has 0 aliphatic carbocycles. The number of fused-ring (bicyclic) bond motifs is 1. The standard InChI is InChI=1S/C21H23F2N5O5S/c1-13-19(7-24-27(13)11-20(22)23)34(31,32)28-9-14-8-26(10-17(14)25-28)21(30)16(12-29)15-5-3-4-6-18(15)33-2/h3-7,9,16,20,29H,8,10-12H2,1-2H3/t16-/m1/s1. The van der Waals surface area contributed by atoms with Gasteiger partial charge in [-0.05, 0) is 13.0 Å². The number of carbonyl (C=O) groups is 1. The fourth-order valence-electron chi connectivity index (χ4n) is 3.99. The van der Waals surface area contributed by atoms with Gasteiger partial charge < -0.3 is 14.7 Å².